The van der Waals surface area contributed by atoms with Crippen LogP contribution >= 0.6 is 11.3 Å². The van der Waals surface area contributed by atoms with Crippen LogP contribution in [0.1, 0.15) is 40.0 Å². The second-order valence-electron chi connectivity index (χ2n) is 10.6. The van der Waals surface area contributed by atoms with E-state index in [1.165, 1.54) is 0 Å². The van der Waals surface area contributed by atoms with Crippen molar-refractivity contribution in [2.75, 3.05) is 43.1 Å². The van der Waals surface area contributed by atoms with Crippen LogP contribution < -0.4 is 15.5 Å². The van der Waals surface area contributed by atoms with Gasteiger partial charge in [0.2, 0.25) is 5.91 Å². The van der Waals surface area contributed by atoms with Crippen molar-refractivity contribution < 1.29 is 19.1 Å². The Kier molecular flexibility index (Phi) is 5.76. The second kappa shape index (κ2) is 8.49. The molecule has 3 aliphatic rings. The number of nitrogens with one attached hydrogen (secondary N) is 2. The van der Waals surface area contributed by atoms with Crippen molar-refractivity contribution in [1.29, 1.82) is 0 Å². The number of fused-ring (bicyclic) bond motifs is 1. The highest BCUT2D eigenvalue weighted by Gasteiger charge is 2.56. The van der Waals surface area contributed by atoms with E-state index in [2.05, 4.69) is 36.3 Å². The van der Waals surface area contributed by atoms with Crippen LogP contribution in [0.15, 0.2) is 18.2 Å². The predicted molar refractivity (Wildman–Crippen MR) is 131 cm³/mol. The Bertz CT molecular complexity index is 1140. The lowest BCUT2D eigenvalue weighted by atomic mass is 9.64. The number of anilines is 2. The minimum atomic E-state index is -0.907. The van der Waals surface area contributed by atoms with Gasteiger partial charge in [0.15, 0.2) is 5.13 Å². The van der Waals surface area contributed by atoms with E-state index in [9.17, 15) is 14.4 Å². The van der Waals surface area contributed by atoms with Crippen LogP contribution in [-0.4, -0.2) is 66.1 Å². The first kappa shape index (κ1) is 23.0. The van der Waals surface area contributed by atoms with Crippen LogP contribution in [-0.2, 0) is 14.3 Å². The number of thiazole rings is 1. The van der Waals surface area contributed by atoms with Crippen LogP contribution in [0.2, 0.25) is 0 Å². The minimum absolute atomic E-state index is 0.0525. The van der Waals surface area contributed by atoms with Crippen LogP contribution in [0, 0.1) is 11.3 Å². The van der Waals surface area contributed by atoms with Gasteiger partial charge in [0.05, 0.1) is 23.4 Å². The summed E-state index contributed by atoms with van der Waals surface area (Å²) in [6.07, 6.45) is 2.19. The highest BCUT2D eigenvalue weighted by atomic mass is 32.1. The molecule has 0 radical (unpaired) electrons. The first-order valence-electron chi connectivity index (χ1n) is 11.8. The Labute approximate surface area is 202 Å². The number of carbonyl (C=O) groups is 3. The van der Waals surface area contributed by atoms with E-state index in [0.29, 0.717) is 37.7 Å². The SMILES string of the molecule is C[C@H]1CC(C)(C)C[C@]2(C1)NC(=O)N(CC(=O)Nc1ccc3nc(N4CCOCC4)sc3c1)C2=O. The maximum absolute atomic E-state index is 13.3. The third-order valence-corrected chi connectivity index (χ3v) is 7.95. The van der Waals surface area contributed by atoms with E-state index < -0.39 is 17.5 Å². The summed E-state index contributed by atoms with van der Waals surface area (Å²) in [6.45, 7) is 9.06. The fourth-order valence-electron chi connectivity index (χ4n) is 5.87. The van der Waals surface area contributed by atoms with E-state index in [0.717, 1.165) is 39.8 Å². The van der Waals surface area contributed by atoms with E-state index in [4.69, 9.17) is 9.72 Å². The molecular formula is C24H31N5O4S. The van der Waals surface area contributed by atoms with Crippen molar-refractivity contribution in [3.63, 3.8) is 0 Å². The standard InChI is InChI=1S/C24H31N5O4S/c1-15-11-23(2,3)14-24(12-15)20(31)29(21(32)27-24)13-19(30)25-16-4-5-17-18(10-16)34-22(26-17)28-6-8-33-9-7-28/h4-5,10,15H,6-9,11-14H2,1-3H3,(H,25,30)(H,27,32)/t15-,24-/m0/s1. The summed E-state index contributed by atoms with van der Waals surface area (Å²) in [7, 11) is 0. The molecule has 1 spiro atoms. The van der Waals surface area contributed by atoms with Gasteiger partial charge >= 0.3 is 6.03 Å². The van der Waals surface area contributed by atoms with Crippen LogP contribution in [0.3, 0.4) is 0 Å². The molecule has 0 bridgehead atoms. The number of urea groups is 1. The fraction of sp³-hybridized carbons (Fsp3) is 0.583. The lowest BCUT2D eigenvalue weighted by molar-refractivity contribution is -0.136. The molecule has 2 aromatic rings. The summed E-state index contributed by atoms with van der Waals surface area (Å²) >= 11 is 1.57. The summed E-state index contributed by atoms with van der Waals surface area (Å²) in [5, 5.41) is 6.70. The molecule has 1 aromatic heterocycles. The monoisotopic (exact) mass is 485 g/mol. The first-order chi connectivity index (χ1) is 16.1. The number of hydrogen-bond donors (Lipinski definition) is 2. The summed E-state index contributed by atoms with van der Waals surface area (Å²) in [5.74, 6) is -0.378. The van der Waals surface area contributed by atoms with E-state index in [1.54, 1.807) is 17.4 Å². The zero-order valence-electron chi connectivity index (χ0n) is 19.8. The average molecular weight is 486 g/mol. The molecule has 1 saturated carbocycles. The van der Waals surface area contributed by atoms with Crippen LogP contribution in [0.4, 0.5) is 15.6 Å². The lowest BCUT2D eigenvalue weighted by Crippen LogP contribution is -2.54. The van der Waals surface area contributed by atoms with Crippen molar-refractivity contribution in [3.05, 3.63) is 18.2 Å². The predicted octanol–water partition coefficient (Wildman–Crippen LogP) is 3.21. The van der Waals surface area contributed by atoms with Gasteiger partial charge in [0.1, 0.15) is 12.1 Å². The maximum atomic E-state index is 13.3. The van der Waals surface area contributed by atoms with Crippen LogP contribution in [0.5, 0.6) is 0 Å². The molecular weight excluding hydrogens is 454 g/mol. The quantitative estimate of drug-likeness (QED) is 0.645. The molecule has 2 atom stereocenters. The number of imide groups is 1. The molecule has 10 heteroatoms. The molecule has 3 heterocycles. The highest BCUT2D eigenvalue weighted by Crippen LogP contribution is 2.46. The number of benzene rings is 1. The van der Waals surface area contributed by atoms with E-state index in [-0.39, 0.29) is 17.9 Å². The molecule has 2 aliphatic heterocycles. The lowest BCUT2D eigenvalue weighted by Gasteiger charge is -2.43. The van der Waals surface area contributed by atoms with E-state index in [1.807, 2.05) is 12.1 Å². The number of hydrogen-bond acceptors (Lipinski definition) is 7. The van der Waals surface area contributed by atoms with Gasteiger partial charge in [0.25, 0.3) is 5.91 Å². The summed E-state index contributed by atoms with van der Waals surface area (Å²) < 4.78 is 6.38. The second-order valence-corrected chi connectivity index (χ2v) is 11.6. The third kappa shape index (κ3) is 4.36. The van der Waals surface area contributed by atoms with E-state index >= 15 is 0 Å². The van der Waals surface area contributed by atoms with Gasteiger partial charge < -0.3 is 20.3 Å². The Morgan fingerprint density at radius 3 is 2.76 bits per heavy atom. The smallest absolute Gasteiger partial charge is 0.325 e. The van der Waals surface area contributed by atoms with Crippen molar-refractivity contribution in [1.82, 2.24) is 15.2 Å². The van der Waals surface area contributed by atoms with Gasteiger partial charge in [-0.15, -0.1) is 0 Å². The number of nitrogens with zero attached hydrogens (tertiary/aromatic N) is 3. The van der Waals surface area contributed by atoms with Gasteiger partial charge in [0, 0.05) is 18.8 Å². The molecule has 1 aromatic carbocycles. The normalized spacial score (nSPS) is 26.9. The van der Waals surface area contributed by atoms with Gasteiger partial charge in [-0.1, -0.05) is 32.1 Å². The first-order valence-corrected chi connectivity index (χ1v) is 12.6. The number of ether oxygens (including phenoxy) is 1. The fourth-order valence-corrected chi connectivity index (χ4v) is 6.93. The minimum Gasteiger partial charge on any atom is -0.378 e. The number of morpholine rings is 1. The average Bonchev–Trinajstić information content (AvgIpc) is 3.27. The Morgan fingerprint density at radius 2 is 2.03 bits per heavy atom. The van der Waals surface area contributed by atoms with Crippen molar-refractivity contribution in [2.45, 2.75) is 45.6 Å². The molecule has 0 unspecified atom stereocenters. The van der Waals surface area contributed by atoms with Crippen molar-refractivity contribution in [2.24, 2.45) is 11.3 Å². The third-order valence-electron chi connectivity index (χ3n) is 6.87. The number of rotatable bonds is 4. The molecule has 182 valence electrons. The Morgan fingerprint density at radius 1 is 1.26 bits per heavy atom. The zero-order valence-corrected chi connectivity index (χ0v) is 20.7. The molecule has 9 nitrogen and oxygen atoms in total. The molecule has 2 N–H and O–H groups in total. The largest absolute Gasteiger partial charge is 0.378 e. The molecule has 3 fully saturated rings. The van der Waals surface area contributed by atoms with Crippen LogP contribution in [0.25, 0.3) is 10.2 Å². The molecule has 4 amide bonds. The van der Waals surface area contributed by atoms with Crippen molar-refractivity contribution in [3.8, 4) is 0 Å². The summed E-state index contributed by atoms with van der Waals surface area (Å²) in [4.78, 5) is 46.7. The Balaban J connectivity index is 1.26. The molecule has 5 rings (SSSR count). The summed E-state index contributed by atoms with van der Waals surface area (Å²) in [6, 6.07) is 5.06. The Hall–Kier alpha value is -2.72. The molecule has 1 aliphatic carbocycles. The van der Waals surface area contributed by atoms with Gasteiger partial charge in [-0.05, 0) is 48.8 Å². The maximum Gasteiger partial charge on any atom is 0.325 e. The zero-order chi connectivity index (χ0) is 24.1. The van der Waals surface area contributed by atoms with Crippen molar-refractivity contribution >= 4 is 50.2 Å². The van der Waals surface area contributed by atoms with Gasteiger partial charge in [-0.2, -0.15) is 0 Å². The number of carbonyl (C=O) groups excluding carboxylic acids is 3. The van der Waals surface area contributed by atoms with Gasteiger partial charge in [-0.25, -0.2) is 9.78 Å². The van der Waals surface area contributed by atoms with Gasteiger partial charge in [-0.3, -0.25) is 14.5 Å². The summed E-state index contributed by atoms with van der Waals surface area (Å²) in [5.41, 5.74) is 0.525. The topological polar surface area (TPSA) is 104 Å². The number of amides is 4. The molecule has 34 heavy (non-hydrogen) atoms. The number of aromatic nitrogens is 1. The molecule has 2 saturated heterocycles. The highest BCUT2D eigenvalue weighted by molar-refractivity contribution is 7.22.